The fourth-order valence-electron chi connectivity index (χ4n) is 1.45. The van der Waals surface area contributed by atoms with E-state index in [0.29, 0.717) is 13.1 Å². The van der Waals surface area contributed by atoms with Gasteiger partial charge in [-0.05, 0) is 6.92 Å². The average Bonchev–Trinajstić information content (AvgIpc) is 2.36. The first kappa shape index (κ1) is 15.2. The van der Waals surface area contributed by atoms with Crippen molar-refractivity contribution in [3.8, 4) is 5.75 Å². The molecular weight excluding hydrogens is 347 g/mol. The van der Waals surface area contributed by atoms with E-state index >= 15 is 0 Å². The van der Waals surface area contributed by atoms with Crippen molar-refractivity contribution in [1.82, 2.24) is 10.3 Å². The molecule has 1 atom stereocenters. The van der Waals surface area contributed by atoms with E-state index in [-0.39, 0.29) is 9.89 Å². The maximum atomic E-state index is 11.2. The maximum Gasteiger partial charge on any atom is 0.319 e. The predicted octanol–water partition coefficient (Wildman–Crippen LogP) is 1.46. The number of alkyl halides is 1. The number of carbonyl (C=O) groups excluding carboxylic acids is 1. The molecule has 1 aromatic rings. The van der Waals surface area contributed by atoms with Gasteiger partial charge < -0.3 is 14.8 Å². The number of carbonyl (C=O) groups is 1. The number of methoxy groups -OCH3 is 2. The van der Waals surface area contributed by atoms with Crippen molar-refractivity contribution in [2.75, 3.05) is 20.8 Å². The summed E-state index contributed by atoms with van der Waals surface area (Å²) in [4.78, 5) is 15.6. The van der Waals surface area contributed by atoms with E-state index in [1.54, 1.807) is 7.11 Å². The topological polar surface area (TPSA) is 60.5 Å². The number of nitrogens with zero attached hydrogens (tertiary/aromatic N) is 1. The summed E-state index contributed by atoms with van der Waals surface area (Å²) in [6, 6.07) is 3.75. The van der Waals surface area contributed by atoms with Crippen LogP contribution < -0.4 is 10.1 Å². The van der Waals surface area contributed by atoms with Crippen molar-refractivity contribution in [3.63, 3.8) is 0 Å². The lowest BCUT2D eigenvalue weighted by Gasteiger charge is -2.10. The molecule has 0 bridgehead atoms. The highest BCUT2D eigenvalue weighted by Crippen LogP contribution is 2.13. The Morgan fingerprint density at radius 2 is 2.22 bits per heavy atom. The second-order valence-corrected chi connectivity index (χ2v) is 5.26. The molecule has 1 unspecified atom stereocenters. The highest BCUT2D eigenvalue weighted by Gasteiger charge is 2.14. The summed E-state index contributed by atoms with van der Waals surface area (Å²) in [6.07, 6.45) is 0. The first-order valence-corrected chi connectivity index (χ1v) is 6.75. The first-order valence-electron chi connectivity index (χ1n) is 5.51. The molecule has 5 nitrogen and oxygen atoms in total. The molecule has 0 amide bonds. The molecule has 1 rings (SSSR count). The number of hydrogen-bond acceptors (Lipinski definition) is 5. The van der Waals surface area contributed by atoms with Crippen LogP contribution >= 0.6 is 22.6 Å². The van der Waals surface area contributed by atoms with Crippen LogP contribution in [0.5, 0.6) is 5.75 Å². The minimum atomic E-state index is -0.224. The van der Waals surface area contributed by atoms with Gasteiger partial charge in [0.2, 0.25) is 0 Å². The molecule has 100 valence electrons. The number of aryl methyl sites for hydroxylation is 1. The van der Waals surface area contributed by atoms with E-state index in [2.05, 4.69) is 15.0 Å². The predicted molar refractivity (Wildman–Crippen MR) is 77.1 cm³/mol. The van der Waals surface area contributed by atoms with Gasteiger partial charge >= 0.3 is 5.97 Å². The van der Waals surface area contributed by atoms with Crippen molar-refractivity contribution >= 4 is 28.6 Å². The van der Waals surface area contributed by atoms with Crippen LogP contribution in [0.4, 0.5) is 0 Å². The van der Waals surface area contributed by atoms with Crippen molar-refractivity contribution < 1.29 is 14.3 Å². The van der Waals surface area contributed by atoms with Crippen LogP contribution in [0.3, 0.4) is 0 Å². The van der Waals surface area contributed by atoms with Crippen LogP contribution in [0.15, 0.2) is 12.1 Å². The Morgan fingerprint density at radius 3 is 2.83 bits per heavy atom. The van der Waals surface area contributed by atoms with Gasteiger partial charge in [-0.3, -0.25) is 9.78 Å². The monoisotopic (exact) mass is 364 g/mol. The lowest BCUT2D eigenvalue weighted by atomic mass is 10.3. The molecule has 0 spiro atoms. The zero-order valence-electron chi connectivity index (χ0n) is 10.7. The molecule has 1 aromatic heterocycles. The summed E-state index contributed by atoms with van der Waals surface area (Å²) < 4.78 is 9.63. The van der Waals surface area contributed by atoms with Gasteiger partial charge in [0, 0.05) is 30.9 Å². The van der Waals surface area contributed by atoms with Crippen LogP contribution in [0.25, 0.3) is 0 Å². The largest absolute Gasteiger partial charge is 0.497 e. The molecular formula is C12H17IN2O3. The van der Waals surface area contributed by atoms with Gasteiger partial charge in [0.25, 0.3) is 0 Å². The van der Waals surface area contributed by atoms with Gasteiger partial charge in [-0.1, -0.05) is 22.6 Å². The molecule has 0 radical (unpaired) electrons. The number of rotatable bonds is 6. The Kier molecular flexibility index (Phi) is 6.34. The second kappa shape index (κ2) is 7.52. The number of aromatic nitrogens is 1. The van der Waals surface area contributed by atoms with E-state index in [9.17, 15) is 4.79 Å². The summed E-state index contributed by atoms with van der Waals surface area (Å²) in [5.41, 5.74) is 1.80. The molecule has 6 heteroatoms. The van der Waals surface area contributed by atoms with Gasteiger partial charge in [-0.25, -0.2) is 0 Å². The molecule has 1 heterocycles. The Labute approximate surface area is 120 Å². The molecule has 0 aliphatic heterocycles. The summed E-state index contributed by atoms with van der Waals surface area (Å²) in [6.45, 7) is 3.06. The Balaban J connectivity index is 2.48. The van der Waals surface area contributed by atoms with Crippen molar-refractivity contribution in [2.45, 2.75) is 17.4 Å². The minimum absolute atomic E-state index is 0.195. The zero-order valence-corrected chi connectivity index (χ0v) is 12.9. The SMILES string of the molecule is COC(=O)C(I)CNCc1cc(OC)cc(C)n1. The fraction of sp³-hybridized carbons (Fsp3) is 0.500. The zero-order chi connectivity index (χ0) is 13.5. The number of hydrogen-bond donors (Lipinski definition) is 1. The molecule has 18 heavy (non-hydrogen) atoms. The van der Waals surface area contributed by atoms with Crippen molar-refractivity contribution in [3.05, 3.63) is 23.5 Å². The van der Waals surface area contributed by atoms with Gasteiger partial charge in [0.1, 0.15) is 9.67 Å². The lowest BCUT2D eigenvalue weighted by Crippen LogP contribution is -2.29. The third-order valence-electron chi connectivity index (χ3n) is 2.30. The average molecular weight is 364 g/mol. The third-order valence-corrected chi connectivity index (χ3v) is 3.25. The van der Waals surface area contributed by atoms with E-state index in [1.807, 2.05) is 41.6 Å². The summed E-state index contributed by atoms with van der Waals surface area (Å²) >= 11 is 2.05. The first-order chi connectivity index (χ1) is 8.56. The lowest BCUT2D eigenvalue weighted by molar-refractivity contribution is -0.139. The number of halogens is 1. The standard InChI is InChI=1S/C12H17IN2O3/c1-8-4-10(17-2)5-9(15-8)6-14-7-11(13)12(16)18-3/h4-5,11,14H,6-7H2,1-3H3. The molecule has 0 aliphatic carbocycles. The summed E-state index contributed by atoms with van der Waals surface area (Å²) in [5.74, 6) is 0.566. The minimum Gasteiger partial charge on any atom is -0.497 e. The summed E-state index contributed by atoms with van der Waals surface area (Å²) in [5, 5.41) is 3.17. The molecule has 0 fully saturated rings. The Morgan fingerprint density at radius 1 is 1.50 bits per heavy atom. The number of nitrogens with one attached hydrogen (secondary N) is 1. The number of esters is 1. The van der Waals surface area contributed by atoms with Crippen LogP contribution in [-0.4, -0.2) is 35.6 Å². The second-order valence-electron chi connectivity index (χ2n) is 3.76. The van der Waals surface area contributed by atoms with Crippen LogP contribution in [0, 0.1) is 6.92 Å². The molecule has 1 N–H and O–H groups in total. The number of pyridine rings is 1. The van der Waals surface area contributed by atoms with Gasteiger partial charge in [0.05, 0.1) is 19.9 Å². The smallest absolute Gasteiger partial charge is 0.319 e. The van der Waals surface area contributed by atoms with Crippen LogP contribution in [-0.2, 0) is 16.1 Å². The fourth-order valence-corrected chi connectivity index (χ4v) is 2.02. The highest BCUT2D eigenvalue weighted by atomic mass is 127. The maximum absolute atomic E-state index is 11.2. The van der Waals surface area contributed by atoms with Crippen molar-refractivity contribution in [2.24, 2.45) is 0 Å². The van der Waals surface area contributed by atoms with E-state index in [4.69, 9.17) is 4.74 Å². The molecule has 0 aliphatic rings. The number of ether oxygens (including phenoxy) is 2. The van der Waals surface area contributed by atoms with Crippen LogP contribution in [0.1, 0.15) is 11.4 Å². The third kappa shape index (κ3) is 4.77. The quantitative estimate of drug-likeness (QED) is 0.471. The van der Waals surface area contributed by atoms with E-state index < -0.39 is 0 Å². The normalized spacial score (nSPS) is 12.0. The van der Waals surface area contributed by atoms with E-state index in [0.717, 1.165) is 17.1 Å². The highest BCUT2D eigenvalue weighted by molar-refractivity contribution is 14.1. The molecule has 0 aromatic carbocycles. The van der Waals surface area contributed by atoms with Gasteiger partial charge in [0.15, 0.2) is 0 Å². The van der Waals surface area contributed by atoms with Gasteiger partial charge in [-0.2, -0.15) is 0 Å². The van der Waals surface area contributed by atoms with E-state index in [1.165, 1.54) is 7.11 Å². The molecule has 0 saturated carbocycles. The van der Waals surface area contributed by atoms with Gasteiger partial charge in [-0.15, -0.1) is 0 Å². The summed E-state index contributed by atoms with van der Waals surface area (Å²) in [7, 11) is 3.02. The van der Waals surface area contributed by atoms with Crippen molar-refractivity contribution in [1.29, 1.82) is 0 Å². The van der Waals surface area contributed by atoms with Crippen LogP contribution in [0.2, 0.25) is 0 Å². The Bertz CT molecular complexity index is 412. The molecule has 0 saturated heterocycles. The Hall–Kier alpha value is -0.890.